The van der Waals surface area contributed by atoms with Gasteiger partial charge in [0.05, 0.1) is 6.10 Å². The maximum absolute atomic E-state index is 10.9. The summed E-state index contributed by atoms with van der Waals surface area (Å²) in [6.45, 7) is 6.88. The number of nitrogens with zero attached hydrogens (tertiary/aromatic N) is 4. The Bertz CT molecular complexity index is 464. The maximum atomic E-state index is 10.9. The Morgan fingerprint density at radius 2 is 2.15 bits per heavy atom. The van der Waals surface area contributed by atoms with E-state index in [1.807, 2.05) is 6.92 Å². The lowest BCUT2D eigenvalue weighted by atomic mass is 9.92. The van der Waals surface area contributed by atoms with Gasteiger partial charge in [0.25, 0.3) is 0 Å². The van der Waals surface area contributed by atoms with Crippen LogP contribution >= 0.6 is 0 Å². The van der Waals surface area contributed by atoms with Crippen molar-refractivity contribution in [1.82, 2.24) is 14.5 Å². The average Bonchev–Trinajstić information content (AvgIpc) is 2.78. The minimum atomic E-state index is -0.389. The first-order valence-electron chi connectivity index (χ1n) is 7.06. The van der Waals surface area contributed by atoms with Crippen molar-refractivity contribution in [2.75, 3.05) is 19.6 Å². The van der Waals surface area contributed by atoms with Gasteiger partial charge in [-0.25, -0.2) is 9.55 Å². The Morgan fingerprint density at radius 1 is 1.50 bits per heavy atom. The van der Waals surface area contributed by atoms with Crippen LogP contribution in [0.5, 0.6) is 0 Å². The summed E-state index contributed by atoms with van der Waals surface area (Å²) in [5.74, 6) is 1.12. The second-order valence-electron chi connectivity index (χ2n) is 5.49. The summed E-state index contributed by atoms with van der Waals surface area (Å²) in [4.78, 5) is 16.8. The fourth-order valence-corrected chi connectivity index (χ4v) is 2.78. The first-order chi connectivity index (χ1) is 9.49. The van der Waals surface area contributed by atoms with E-state index in [-0.39, 0.29) is 16.8 Å². The van der Waals surface area contributed by atoms with E-state index < -0.39 is 0 Å². The molecule has 7 heteroatoms. The topological polar surface area (TPSA) is 84.4 Å². The number of piperidine rings is 1. The van der Waals surface area contributed by atoms with Crippen LogP contribution in [0.1, 0.15) is 25.6 Å². The van der Waals surface area contributed by atoms with Gasteiger partial charge >= 0.3 is 5.82 Å². The Morgan fingerprint density at radius 3 is 2.70 bits per heavy atom. The van der Waals surface area contributed by atoms with Crippen molar-refractivity contribution in [3.63, 3.8) is 0 Å². The van der Waals surface area contributed by atoms with Crippen molar-refractivity contribution < 1.29 is 10.0 Å². The normalized spacial score (nSPS) is 19.1. The molecule has 1 fully saturated rings. The molecule has 0 spiro atoms. The number of likely N-dealkylation sites (tertiary alicyclic amines) is 1. The lowest BCUT2D eigenvalue weighted by Crippen LogP contribution is -2.38. The number of aromatic nitrogens is 2. The van der Waals surface area contributed by atoms with Crippen molar-refractivity contribution in [1.29, 1.82) is 0 Å². The Labute approximate surface area is 118 Å². The minimum absolute atomic E-state index is 0.0568. The number of aliphatic hydroxyl groups excluding tert-OH is 1. The molecule has 0 saturated carbocycles. The lowest BCUT2D eigenvalue weighted by Gasteiger charge is -2.32. The van der Waals surface area contributed by atoms with E-state index in [0.717, 1.165) is 32.5 Å². The zero-order valence-electron chi connectivity index (χ0n) is 12.0. The molecule has 1 aromatic rings. The van der Waals surface area contributed by atoms with E-state index in [1.165, 1.54) is 6.20 Å². The van der Waals surface area contributed by atoms with E-state index in [1.54, 1.807) is 11.5 Å². The molecule has 0 aliphatic carbocycles. The third-order valence-electron chi connectivity index (χ3n) is 4.18. The van der Waals surface area contributed by atoms with Crippen molar-refractivity contribution in [3.05, 3.63) is 22.1 Å². The zero-order chi connectivity index (χ0) is 14.7. The highest BCUT2D eigenvalue weighted by Crippen LogP contribution is 2.21. The molecule has 0 aromatic carbocycles. The molecule has 1 aromatic heterocycles. The zero-order valence-corrected chi connectivity index (χ0v) is 12.0. The Hall–Kier alpha value is -1.47. The van der Waals surface area contributed by atoms with Gasteiger partial charge in [0.1, 0.15) is 12.7 Å². The molecule has 2 heterocycles. The van der Waals surface area contributed by atoms with Gasteiger partial charge in [0.2, 0.25) is 0 Å². The fraction of sp³-hybridized carbons (Fsp3) is 0.769. The predicted molar refractivity (Wildman–Crippen MR) is 74.5 cm³/mol. The first kappa shape index (κ1) is 14.9. The highest BCUT2D eigenvalue weighted by Gasteiger charge is 2.24. The summed E-state index contributed by atoms with van der Waals surface area (Å²) in [5.41, 5.74) is 0. The molecule has 1 unspecified atom stereocenters. The van der Waals surface area contributed by atoms with Crippen molar-refractivity contribution >= 4 is 5.82 Å². The molecule has 1 N–H and O–H groups in total. The summed E-state index contributed by atoms with van der Waals surface area (Å²) in [5, 5.41) is 20.5. The standard InChI is InChI=1S/C13H22N4O3/c1-10(18)12-3-5-15(6-4-12)7-8-16-11(2)14-9-13(16)17(19)20/h9-10,12,18H,3-8H2,1-2H3. The van der Waals surface area contributed by atoms with Crippen LogP contribution < -0.4 is 0 Å². The van der Waals surface area contributed by atoms with Gasteiger partial charge in [0, 0.05) is 13.5 Å². The highest BCUT2D eigenvalue weighted by atomic mass is 16.6. The highest BCUT2D eigenvalue weighted by molar-refractivity contribution is 5.18. The number of imidazole rings is 1. The number of hydrogen-bond donors (Lipinski definition) is 1. The second kappa shape index (κ2) is 6.32. The number of nitro groups is 1. The monoisotopic (exact) mass is 282 g/mol. The average molecular weight is 282 g/mol. The summed E-state index contributed by atoms with van der Waals surface area (Å²) >= 11 is 0. The van der Waals surface area contributed by atoms with Crippen LogP contribution in [0, 0.1) is 23.0 Å². The van der Waals surface area contributed by atoms with Gasteiger partial charge in [-0.15, -0.1) is 0 Å². The third-order valence-corrected chi connectivity index (χ3v) is 4.18. The molecule has 1 atom stereocenters. The largest absolute Gasteiger partial charge is 0.393 e. The molecule has 0 amide bonds. The second-order valence-corrected chi connectivity index (χ2v) is 5.49. The molecular weight excluding hydrogens is 260 g/mol. The van der Waals surface area contributed by atoms with Gasteiger partial charge in [0.15, 0.2) is 5.82 Å². The maximum Gasteiger partial charge on any atom is 0.342 e. The SMILES string of the molecule is Cc1ncc([N+](=O)[O-])n1CCN1CCC(C(C)O)CC1. The molecule has 20 heavy (non-hydrogen) atoms. The van der Waals surface area contributed by atoms with Gasteiger partial charge in [-0.05, 0) is 43.7 Å². The van der Waals surface area contributed by atoms with Crippen molar-refractivity contribution in [2.24, 2.45) is 5.92 Å². The number of hydrogen-bond acceptors (Lipinski definition) is 5. The molecule has 2 rings (SSSR count). The first-order valence-corrected chi connectivity index (χ1v) is 7.06. The molecule has 1 saturated heterocycles. The van der Waals surface area contributed by atoms with Gasteiger partial charge in [-0.2, -0.15) is 0 Å². The smallest absolute Gasteiger partial charge is 0.342 e. The van der Waals surface area contributed by atoms with Crippen molar-refractivity contribution in [3.8, 4) is 0 Å². The van der Waals surface area contributed by atoms with Crippen LogP contribution in [0.2, 0.25) is 0 Å². The lowest BCUT2D eigenvalue weighted by molar-refractivity contribution is -0.392. The van der Waals surface area contributed by atoms with E-state index in [2.05, 4.69) is 9.88 Å². The van der Waals surface area contributed by atoms with E-state index in [4.69, 9.17) is 0 Å². The summed E-state index contributed by atoms with van der Waals surface area (Å²) in [6.07, 6.45) is 3.05. The summed E-state index contributed by atoms with van der Waals surface area (Å²) in [6, 6.07) is 0. The van der Waals surface area contributed by atoms with Crippen LogP contribution in [0.3, 0.4) is 0 Å². The van der Waals surface area contributed by atoms with E-state index >= 15 is 0 Å². The molecule has 112 valence electrons. The number of aliphatic hydroxyl groups is 1. The van der Waals surface area contributed by atoms with Gasteiger partial charge in [-0.1, -0.05) is 0 Å². The number of rotatable bonds is 5. The van der Waals surface area contributed by atoms with Crippen LogP contribution in [-0.4, -0.2) is 50.2 Å². The fourth-order valence-electron chi connectivity index (χ4n) is 2.78. The van der Waals surface area contributed by atoms with Crippen LogP contribution in [0.25, 0.3) is 0 Å². The molecule has 1 aliphatic heterocycles. The number of aryl methyl sites for hydroxylation is 1. The molecule has 7 nitrogen and oxygen atoms in total. The summed E-state index contributed by atoms with van der Waals surface area (Å²) < 4.78 is 1.65. The van der Waals surface area contributed by atoms with Crippen molar-refractivity contribution in [2.45, 2.75) is 39.3 Å². The van der Waals surface area contributed by atoms with E-state index in [0.29, 0.717) is 18.3 Å². The Balaban J connectivity index is 1.88. The van der Waals surface area contributed by atoms with E-state index in [9.17, 15) is 15.2 Å². The van der Waals surface area contributed by atoms with Gasteiger partial charge in [-0.3, -0.25) is 4.90 Å². The quantitative estimate of drug-likeness (QED) is 0.648. The van der Waals surface area contributed by atoms with Crippen LogP contribution in [-0.2, 0) is 6.54 Å². The molecule has 0 bridgehead atoms. The molecular formula is C13H22N4O3. The summed E-state index contributed by atoms with van der Waals surface area (Å²) in [7, 11) is 0. The predicted octanol–water partition coefficient (Wildman–Crippen LogP) is 1.19. The van der Waals surface area contributed by atoms with Crippen LogP contribution in [0.15, 0.2) is 6.20 Å². The van der Waals surface area contributed by atoms with Gasteiger partial charge < -0.3 is 15.2 Å². The Kier molecular flexibility index (Phi) is 4.72. The van der Waals surface area contributed by atoms with Crippen LogP contribution in [0.4, 0.5) is 5.82 Å². The third kappa shape index (κ3) is 3.34. The molecule has 0 radical (unpaired) electrons. The minimum Gasteiger partial charge on any atom is -0.393 e. The molecule has 1 aliphatic rings.